The van der Waals surface area contributed by atoms with Crippen LogP contribution in [0.25, 0.3) is 0 Å². The van der Waals surface area contributed by atoms with Gasteiger partial charge in [0, 0.05) is 27.5 Å². The Morgan fingerprint density at radius 1 is 1.32 bits per heavy atom. The summed E-state index contributed by atoms with van der Waals surface area (Å²) < 4.78 is 1.14. The standard InChI is InChI=1S/C15H18BrNOS/c1-3-15(18)11-4-6-13(7-5-11)17(2)9-14-8-12(16)10-19-14/h4-8,10,15,18H,3,9H2,1-2H3/t15-/m1/s1. The van der Waals surface area contributed by atoms with Gasteiger partial charge in [-0.3, -0.25) is 0 Å². The van der Waals surface area contributed by atoms with E-state index in [9.17, 15) is 5.11 Å². The molecule has 0 aliphatic heterocycles. The Morgan fingerprint density at radius 2 is 2.00 bits per heavy atom. The monoisotopic (exact) mass is 339 g/mol. The Morgan fingerprint density at radius 3 is 2.53 bits per heavy atom. The average molecular weight is 340 g/mol. The van der Waals surface area contributed by atoms with Gasteiger partial charge in [-0.15, -0.1) is 11.3 Å². The lowest BCUT2D eigenvalue weighted by molar-refractivity contribution is 0.173. The maximum Gasteiger partial charge on any atom is 0.0787 e. The number of rotatable bonds is 5. The van der Waals surface area contributed by atoms with Crippen LogP contribution in [0.1, 0.15) is 29.9 Å². The fourth-order valence-electron chi connectivity index (χ4n) is 1.95. The lowest BCUT2D eigenvalue weighted by Gasteiger charge is -2.19. The van der Waals surface area contributed by atoms with Crippen molar-refractivity contribution in [2.45, 2.75) is 26.0 Å². The maximum absolute atomic E-state index is 9.78. The molecular formula is C15H18BrNOS. The Bertz CT molecular complexity index is 523. The summed E-state index contributed by atoms with van der Waals surface area (Å²) in [5, 5.41) is 11.9. The molecule has 2 nitrogen and oxygen atoms in total. The Balaban J connectivity index is 2.05. The highest BCUT2D eigenvalue weighted by molar-refractivity contribution is 9.10. The van der Waals surface area contributed by atoms with Gasteiger partial charge >= 0.3 is 0 Å². The van der Waals surface area contributed by atoms with Crippen LogP contribution >= 0.6 is 27.3 Å². The minimum absolute atomic E-state index is 0.354. The molecule has 1 N–H and O–H groups in total. The number of halogens is 1. The second-order valence-electron chi connectivity index (χ2n) is 4.60. The van der Waals surface area contributed by atoms with Crippen LogP contribution < -0.4 is 4.90 Å². The summed E-state index contributed by atoms with van der Waals surface area (Å²) in [5.41, 5.74) is 2.15. The minimum Gasteiger partial charge on any atom is -0.388 e. The lowest BCUT2D eigenvalue weighted by Crippen LogP contribution is -2.15. The van der Waals surface area contributed by atoms with Crippen LogP contribution in [0.15, 0.2) is 40.2 Å². The molecule has 0 aliphatic rings. The number of aliphatic hydroxyl groups is 1. The van der Waals surface area contributed by atoms with E-state index in [0.29, 0.717) is 0 Å². The van der Waals surface area contributed by atoms with E-state index in [1.807, 2.05) is 19.1 Å². The van der Waals surface area contributed by atoms with E-state index >= 15 is 0 Å². The van der Waals surface area contributed by atoms with Crippen molar-refractivity contribution in [2.75, 3.05) is 11.9 Å². The molecule has 0 amide bonds. The first-order chi connectivity index (χ1) is 9.10. The molecule has 102 valence electrons. The molecule has 1 heterocycles. The normalized spacial score (nSPS) is 12.4. The largest absolute Gasteiger partial charge is 0.388 e. The van der Waals surface area contributed by atoms with Crippen LogP contribution in [0, 0.1) is 0 Å². The molecule has 0 fully saturated rings. The van der Waals surface area contributed by atoms with Gasteiger partial charge in [0.25, 0.3) is 0 Å². The van der Waals surface area contributed by atoms with Crippen LogP contribution in [-0.4, -0.2) is 12.2 Å². The van der Waals surface area contributed by atoms with E-state index < -0.39 is 0 Å². The zero-order valence-electron chi connectivity index (χ0n) is 11.1. The quantitative estimate of drug-likeness (QED) is 0.860. The lowest BCUT2D eigenvalue weighted by atomic mass is 10.1. The second-order valence-corrected chi connectivity index (χ2v) is 6.51. The predicted molar refractivity (Wildman–Crippen MR) is 85.8 cm³/mol. The Hall–Kier alpha value is -0.840. The SMILES string of the molecule is CC[C@@H](O)c1ccc(N(C)Cc2cc(Br)cs2)cc1. The van der Waals surface area contributed by atoms with Gasteiger partial charge in [-0.1, -0.05) is 19.1 Å². The molecule has 1 aromatic heterocycles. The third-order valence-corrected chi connectivity index (χ3v) is 4.80. The molecule has 1 aromatic carbocycles. The van der Waals surface area contributed by atoms with Gasteiger partial charge in [0.15, 0.2) is 0 Å². The molecule has 0 saturated heterocycles. The smallest absolute Gasteiger partial charge is 0.0787 e. The van der Waals surface area contributed by atoms with Crippen molar-refractivity contribution in [1.82, 2.24) is 0 Å². The summed E-state index contributed by atoms with van der Waals surface area (Å²) in [4.78, 5) is 3.53. The van der Waals surface area contributed by atoms with Gasteiger partial charge in [-0.05, 0) is 46.1 Å². The van der Waals surface area contributed by atoms with Crippen LogP contribution in [0.3, 0.4) is 0 Å². The zero-order chi connectivity index (χ0) is 13.8. The fourth-order valence-corrected chi connectivity index (χ4v) is 3.45. The molecule has 19 heavy (non-hydrogen) atoms. The summed E-state index contributed by atoms with van der Waals surface area (Å²) in [6.45, 7) is 2.88. The predicted octanol–water partition coefficient (Wildman–Crippen LogP) is 4.59. The van der Waals surface area contributed by atoms with Gasteiger partial charge in [-0.2, -0.15) is 0 Å². The first-order valence-corrected chi connectivity index (χ1v) is 7.99. The molecule has 0 bridgehead atoms. The number of aliphatic hydroxyl groups excluding tert-OH is 1. The third-order valence-electron chi connectivity index (χ3n) is 3.12. The van der Waals surface area contributed by atoms with Crippen molar-refractivity contribution in [3.63, 3.8) is 0 Å². The minimum atomic E-state index is -0.354. The molecule has 2 rings (SSSR count). The Labute approximate surface area is 126 Å². The number of thiophene rings is 1. The number of anilines is 1. The van der Waals surface area contributed by atoms with Gasteiger partial charge in [0.2, 0.25) is 0 Å². The highest BCUT2D eigenvalue weighted by Crippen LogP contribution is 2.24. The van der Waals surface area contributed by atoms with Crippen molar-refractivity contribution in [3.8, 4) is 0 Å². The Kier molecular flexibility index (Phi) is 5.02. The van der Waals surface area contributed by atoms with E-state index in [2.05, 4.69) is 51.5 Å². The summed E-state index contributed by atoms with van der Waals surface area (Å²) in [5.74, 6) is 0. The number of nitrogens with zero attached hydrogens (tertiary/aromatic N) is 1. The molecular weight excluding hydrogens is 322 g/mol. The molecule has 0 aliphatic carbocycles. The first-order valence-electron chi connectivity index (χ1n) is 6.32. The summed E-state index contributed by atoms with van der Waals surface area (Å²) in [6, 6.07) is 10.3. The van der Waals surface area contributed by atoms with E-state index in [1.54, 1.807) is 11.3 Å². The van der Waals surface area contributed by atoms with Crippen molar-refractivity contribution in [3.05, 3.63) is 50.6 Å². The fraction of sp³-hybridized carbons (Fsp3) is 0.333. The van der Waals surface area contributed by atoms with E-state index in [1.165, 1.54) is 4.88 Å². The van der Waals surface area contributed by atoms with Crippen LogP contribution in [-0.2, 0) is 6.54 Å². The number of hydrogen-bond donors (Lipinski definition) is 1. The number of hydrogen-bond acceptors (Lipinski definition) is 3. The van der Waals surface area contributed by atoms with Crippen LogP contribution in [0.4, 0.5) is 5.69 Å². The van der Waals surface area contributed by atoms with Gasteiger partial charge in [0.05, 0.1) is 12.6 Å². The number of benzene rings is 1. The second kappa shape index (κ2) is 6.55. The molecule has 1 atom stereocenters. The van der Waals surface area contributed by atoms with E-state index in [4.69, 9.17) is 0 Å². The molecule has 0 radical (unpaired) electrons. The van der Waals surface area contributed by atoms with Crippen molar-refractivity contribution in [1.29, 1.82) is 0 Å². The highest BCUT2D eigenvalue weighted by atomic mass is 79.9. The molecule has 0 unspecified atom stereocenters. The summed E-state index contributed by atoms with van der Waals surface area (Å²) in [6.07, 6.45) is 0.394. The zero-order valence-corrected chi connectivity index (χ0v) is 13.5. The van der Waals surface area contributed by atoms with Gasteiger partial charge < -0.3 is 10.0 Å². The van der Waals surface area contributed by atoms with E-state index in [-0.39, 0.29) is 6.10 Å². The third kappa shape index (κ3) is 3.81. The maximum atomic E-state index is 9.78. The molecule has 4 heteroatoms. The van der Waals surface area contributed by atoms with Crippen molar-refractivity contribution in [2.24, 2.45) is 0 Å². The summed E-state index contributed by atoms with van der Waals surface area (Å²) in [7, 11) is 2.08. The van der Waals surface area contributed by atoms with Crippen molar-refractivity contribution >= 4 is 33.0 Å². The van der Waals surface area contributed by atoms with Gasteiger partial charge in [0.1, 0.15) is 0 Å². The van der Waals surface area contributed by atoms with E-state index in [0.717, 1.165) is 28.7 Å². The van der Waals surface area contributed by atoms with Crippen molar-refractivity contribution < 1.29 is 5.11 Å². The summed E-state index contributed by atoms with van der Waals surface area (Å²) >= 11 is 5.23. The molecule has 0 saturated carbocycles. The topological polar surface area (TPSA) is 23.5 Å². The molecule has 2 aromatic rings. The highest BCUT2D eigenvalue weighted by Gasteiger charge is 2.07. The first kappa shape index (κ1) is 14.6. The van der Waals surface area contributed by atoms with Crippen LogP contribution in [0.2, 0.25) is 0 Å². The average Bonchev–Trinajstić information content (AvgIpc) is 2.83. The van der Waals surface area contributed by atoms with Gasteiger partial charge in [-0.25, -0.2) is 0 Å². The van der Waals surface area contributed by atoms with Crippen LogP contribution in [0.5, 0.6) is 0 Å². The molecule has 0 spiro atoms.